The third-order valence-electron chi connectivity index (χ3n) is 9.91. The highest BCUT2D eigenvalue weighted by Gasteiger charge is 2.70. The number of hydrogen-bond acceptors (Lipinski definition) is 7. The molecule has 2 bridgehead atoms. The lowest BCUT2D eigenvalue weighted by Crippen LogP contribution is -2.65. The Kier molecular flexibility index (Phi) is 6.61. The van der Waals surface area contributed by atoms with Gasteiger partial charge < -0.3 is 28.3 Å². The number of benzene rings is 1. The number of carbonyl (C=O) groups is 1. The summed E-state index contributed by atoms with van der Waals surface area (Å²) in [5.74, 6) is -0.00234. The van der Waals surface area contributed by atoms with Crippen LogP contribution in [-0.2, 0) is 14.0 Å². The summed E-state index contributed by atoms with van der Waals surface area (Å²) in [6, 6.07) is 1.54. The highest BCUT2D eigenvalue weighted by Crippen LogP contribution is 2.68. The van der Waals surface area contributed by atoms with E-state index in [4.69, 9.17) is 28.3 Å². The second kappa shape index (κ2) is 9.50. The number of unbranched alkanes of at least 4 members (excludes halogenated alkanes) is 2. The molecule has 214 valence electrons. The van der Waals surface area contributed by atoms with Crippen molar-refractivity contribution in [1.82, 2.24) is 0 Å². The molecule has 1 aromatic carbocycles. The lowest BCUT2D eigenvalue weighted by Gasteiger charge is -2.64. The maximum atomic E-state index is 14.2. The second-order valence-electron chi connectivity index (χ2n) is 12.7. The highest BCUT2D eigenvalue weighted by molar-refractivity contribution is 6.49. The van der Waals surface area contributed by atoms with E-state index >= 15 is 0 Å². The number of esters is 1. The minimum absolute atomic E-state index is 0.0195. The number of rotatable bonds is 10. The van der Waals surface area contributed by atoms with Crippen LogP contribution in [0.25, 0.3) is 0 Å². The van der Waals surface area contributed by atoms with Gasteiger partial charge in [-0.3, -0.25) is 0 Å². The molecule has 2 aliphatic heterocycles. The summed E-state index contributed by atoms with van der Waals surface area (Å²) in [7, 11) is -0.393. The van der Waals surface area contributed by atoms with Gasteiger partial charge in [-0.15, -0.1) is 8.78 Å². The zero-order chi connectivity index (χ0) is 27.7. The van der Waals surface area contributed by atoms with Gasteiger partial charge in [-0.2, -0.15) is 0 Å². The monoisotopic (exact) mass is 548 g/mol. The molecule has 6 atom stereocenters. The molecule has 4 saturated carbocycles. The fraction of sp³-hybridized carbons (Fsp3) is 0.759. The van der Waals surface area contributed by atoms with Crippen molar-refractivity contribution in [3.63, 3.8) is 0 Å². The summed E-state index contributed by atoms with van der Waals surface area (Å²) in [6.45, 7) is 11.4. The summed E-state index contributed by atoms with van der Waals surface area (Å²) >= 11 is 0. The van der Waals surface area contributed by atoms with Gasteiger partial charge in [0.05, 0.1) is 24.9 Å². The molecule has 1 saturated heterocycles. The Morgan fingerprint density at radius 1 is 1.08 bits per heavy atom. The molecular formula is C29H39BF2O7. The zero-order valence-corrected chi connectivity index (χ0v) is 23.5. The first-order valence-electron chi connectivity index (χ1n) is 14.6. The fourth-order valence-electron chi connectivity index (χ4n) is 7.36. The molecule has 2 heterocycles. The van der Waals surface area contributed by atoms with Gasteiger partial charge in [0.15, 0.2) is 11.5 Å². The quantitative estimate of drug-likeness (QED) is 0.182. The predicted octanol–water partition coefficient (Wildman–Crippen LogP) is 6.73. The van der Waals surface area contributed by atoms with Crippen LogP contribution in [0, 0.1) is 17.3 Å². The number of alkyl halides is 2. The van der Waals surface area contributed by atoms with E-state index in [0.29, 0.717) is 30.4 Å². The molecule has 7 nitrogen and oxygen atoms in total. The number of halogens is 2. The van der Waals surface area contributed by atoms with E-state index in [9.17, 15) is 13.6 Å². The molecule has 0 amide bonds. The average molecular weight is 548 g/mol. The first kappa shape index (κ1) is 27.1. The first-order valence-corrected chi connectivity index (χ1v) is 14.6. The van der Waals surface area contributed by atoms with Crippen molar-refractivity contribution < 1.29 is 41.8 Å². The second-order valence-corrected chi connectivity index (χ2v) is 12.7. The lowest BCUT2D eigenvalue weighted by atomic mass is 9.43. The van der Waals surface area contributed by atoms with Crippen LogP contribution in [0.4, 0.5) is 8.78 Å². The number of carbonyl (C=O) groups excluding carboxylic acids is 1. The Morgan fingerprint density at radius 2 is 1.82 bits per heavy atom. The Balaban J connectivity index is 1.30. The van der Waals surface area contributed by atoms with Gasteiger partial charge >= 0.3 is 19.4 Å². The van der Waals surface area contributed by atoms with Crippen molar-refractivity contribution in [2.75, 3.05) is 13.2 Å². The molecule has 5 fully saturated rings. The summed E-state index contributed by atoms with van der Waals surface area (Å²) in [6.07, 6.45) is 2.18. The van der Waals surface area contributed by atoms with Gasteiger partial charge in [0.25, 0.3) is 0 Å². The molecule has 0 spiro atoms. The normalized spacial score (nSPS) is 34.3. The van der Waals surface area contributed by atoms with E-state index in [1.165, 1.54) is 12.5 Å². The Morgan fingerprint density at radius 3 is 2.54 bits per heavy atom. The van der Waals surface area contributed by atoms with Crippen molar-refractivity contribution in [2.45, 2.75) is 109 Å². The van der Waals surface area contributed by atoms with Crippen molar-refractivity contribution in [3.05, 3.63) is 17.2 Å². The largest absolute Gasteiger partial charge is 0.586 e. The lowest BCUT2D eigenvalue weighted by molar-refractivity contribution is -0.286. The van der Waals surface area contributed by atoms with E-state index in [1.807, 2.05) is 13.8 Å². The summed E-state index contributed by atoms with van der Waals surface area (Å²) in [5, 5.41) is 0. The van der Waals surface area contributed by atoms with Crippen molar-refractivity contribution in [1.29, 1.82) is 0 Å². The van der Waals surface area contributed by atoms with Crippen LogP contribution < -0.4 is 14.2 Å². The zero-order valence-electron chi connectivity index (χ0n) is 23.5. The van der Waals surface area contributed by atoms with Gasteiger partial charge in [-0.05, 0) is 68.3 Å². The minimum atomic E-state index is -3.88. The Hall–Kier alpha value is -2.07. The topological polar surface area (TPSA) is 72.5 Å². The number of fused-ring (bicyclic) bond motifs is 1. The maximum Gasteiger partial charge on any atom is 0.586 e. The minimum Gasteiger partial charge on any atom is -0.492 e. The molecule has 6 aliphatic rings. The Labute approximate surface area is 229 Å². The van der Waals surface area contributed by atoms with Crippen LogP contribution >= 0.6 is 0 Å². The Bertz CT molecular complexity index is 1140. The van der Waals surface area contributed by atoms with Gasteiger partial charge in [0.1, 0.15) is 11.3 Å². The number of hydrogen-bond donors (Lipinski definition) is 0. The first-order chi connectivity index (χ1) is 18.5. The van der Waals surface area contributed by atoms with Crippen molar-refractivity contribution >= 4 is 13.1 Å². The summed E-state index contributed by atoms with van der Waals surface area (Å²) in [5.41, 5.74) is 0.411. The van der Waals surface area contributed by atoms with Crippen LogP contribution in [0.5, 0.6) is 17.2 Å². The van der Waals surface area contributed by atoms with E-state index < -0.39 is 19.4 Å². The third-order valence-corrected chi connectivity index (χ3v) is 9.91. The molecular weight excluding hydrogens is 509 g/mol. The van der Waals surface area contributed by atoms with E-state index in [-0.39, 0.29) is 58.3 Å². The molecule has 3 unspecified atom stereocenters. The standard InChI is InChI=1S/C29H39BF2O7/c1-6-8-10-34-24-18(15-20-25(37-29(31,32)36-20)23(24)26(33)35-11-9-7-2)17-14-19(17)30-38-22-13-16-12-21(27(16,3)4)28(22,5)39-30/h15-17,19,21-22H,6-14H2,1-5H3/t16-,17?,19?,21-,22?,28-/m0/s1. The molecule has 7 rings (SSSR count). The molecule has 0 radical (unpaired) electrons. The highest BCUT2D eigenvalue weighted by atomic mass is 19.3. The molecule has 0 aromatic heterocycles. The van der Waals surface area contributed by atoms with Crippen LogP contribution in [0.1, 0.15) is 101 Å². The van der Waals surface area contributed by atoms with Gasteiger partial charge in [0, 0.05) is 11.4 Å². The van der Waals surface area contributed by atoms with Gasteiger partial charge in [0.2, 0.25) is 0 Å². The van der Waals surface area contributed by atoms with Crippen LogP contribution in [0.15, 0.2) is 6.07 Å². The van der Waals surface area contributed by atoms with Gasteiger partial charge in [-0.1, -0.05) is 40.5 Å². The average Bonchev–Trinajstić information content (AvgIpc) is 3.48. The van der Waals surface area contributed by atoms with E-state index in [1.54, 1.807) is 0 Å². The SMILES string of the molecule is CCCCOC(=O)c1c2c(cc(C3CC3B3OC4C[C@@H]5C[C@@H](C5(C)C)[C@]4(C)O3)c1OCCCC)OC(F)(F)O2. The predicted molar refractivity (Wildman–Crippen MR) is 139 cm³/mol. The molecule has 1 aromatic rings. The van der Waals surface area contributed by atoms with E-state index in [0.717, 1.165) is 32.1 Å². The molecule has 4 aliphatic carbocycles. The summed E-state index contributed by atoms with van der Waals surface area (Å²) in [4.78, 5) is 13.3. The molecule has 0 N–H and O–H groups in total. The van der Waals surface area contributed by atoms with Crippen LogP contribution in [0.3, 0.4) is 0 Å². The molecule has 39 heavy (non-hydrogen) atoms. The van der Waals surface area contributed by atoms with Crippen molar-refractivity contribution in [3.8, 4) is 17.2 Å². The summed E-state index contributed by atoms with van der Waals surface area (Å²) < 4.78 is 62.9. The van der Waals surface area contributed by atoms with Gasteiger partial charge in [-0.25, -0.2) is 4.79 Å². The number of ether oxygens (including phenoxy) is 4. The van der Waals surface area contributed by atoms with E-state index in [2.05, 4.69) is 20.8 Å². The van der Waals surface area contributed by atoms with Crippen LogP contribution in [-0.4, -0.2) is 44.3 Å². The van der Waals surface area contributed by atoms with Crippen LogP contribution in [0.2, 0.25) is 5.82 Å². The third kappa shape index (κ3) is 4.40. The smallest absolute Gasteiger partial charge is 0.492 e. The molecule has 10 heteroatoms. The maximum absolute atomic E-state index is 14.2. The fourth-order valence-corrected chi connectivity index (χ4v) is 7.36. The van der Waals surface area contributed by atoms with Crippen molar-refractivity contribution in [2.24, 2.45) is 17.3 Å².